The Morgan fingerprint density at radius 3 is 2.47 bits per heavy atom. The van der Waals surface area contributed by atoms with E-state index in [1.807, 2.05) is 0 Å². The highest BCUT2D eigenvalue weighted by molar-refractivity contribution is 6.32. The Morgan fingerprint density at radius 2 is 1.89 bits per heavy atom. The first kappa shape index (κ1) is 13.4. The smallest absolute Gasteiger partial charge is 0.264 e. The molecule has 1 aromatic heterocycles. The number of pyridine rings is 1. The molecule has 5 heteroatoms. The third kappa shape index (κ3) is 2.27. The van der Waals surface area contributed by atoms with Gasteiger partial charge in [-0.25, -0.2) is 0 Å². The molecule has 0 aliphatic carbocycles. The number of para-hydroxylation sites is 1. The van der Waals surface area contributed by atoms with E-state index in [4.69, 9.17) is 11.6 Å². The van der Waals surface area contributed by atoms with Gasteiger partial charge in [0.1, 0.15) is 0 Å². The summed E-state index contributed by atoms with van der Waals surface area (Å²) in [4.78, 5) is 23.4. The van der Waals surface area contributed by atoms with Crippen molar-refractivity contribution in [3.63, 3.8) is 0 Å². The minimum Gasteiger partial charge on any atom is -0.545 e. The van der Waals surface area contributed by atoms with E-state index in [1.165, 1.54) is 4.57 Å². The van der Waals surface area contributed by atoms with Crippen LogP contribution in [0.4, 0.5) is 0 Å². The van der Waals surface area contributed by atoms with Crippen LogP contribution in [0.15, 0.2) is 35.1 Å². The maximum Gasteiger partial charge on any atom is 0.264 e. The number of aromatic carboxylic acids is 1. The van der Waals surface area contributed by atoms with Gasteiger partial charge in [-0.3, -0.25) is 9.36 Å². The molecule has 0 saturated carbocycles. The zero-order valence-corrected chi connectivity index (χ0v) is 11.2. The summed E-state index contributed by atoms with van der Waals surface area (Å²) in [5.74, 6) is -1.48. The van der Waals surface area contributed by atoms with E-state index in [2.05, 4.69) is 0 Å². The number of halogens is 1. The standard InChI is InChI=1S/C14H12ClNO3/c1-8-7-9(2)16(13(17)12(8)14(18)19)11-6-4-3-5-10(11)15/h3-7H,1-2H3,(H,18,19)/p-1. The van der Waals surface area contributed by atoms with Crippen LogP contribution in [0.5, 0.6) is 0 Å². The summed E-state index contributed by atoms with van der Waals surface area (Å²) >= 11 is 6.05. The van der Waals surface area contributed by atoms with E-state index >= 15 is 0 Å². The number of carbonyl (C=O) groups is 1. The van der Waals surface area contributed by atoms with E-state index in [1.54, 1.807) is 44.2 Å². The molecule has 19 heavy (non-hydrogen) atoms. The van der Waals surface area contributed by atoms with Crippen molar-refractivity contribution in [3.8, 4) is 5.69 Å². The lowest BCUT2D eigenvalue weighted by Crippen LogP contribution is -2.35. The number of carboxylic acids is 1. The number of rotatable bonds is 2. The molecular weight excluding hydrogens is 266 g/mol. The number of carboxylic acid groups (broad SMARTS) is 1. The number of aromatic nitrogens is 1. The molecule has 0 spiro atoms. The first-order valence-corrected chi connectivity index (χ1v) is 6.00. The van der Waals surface area contributed by atoms with E-state index < -0.39 is 11.5 Å². The van der Waals surface area contributed by atoms with Crippen LogP contribution in [0.25, 0.3) is 5.69 Å². The van der Waals surface area contributed by atoms with Gasteiger partial charge in [-0.1, -0.05) is 23.7 Å². The molecule has 1 aromatic carbocycles. The van der Waals surface area contributed by atoms with Gasteiger partial charge in [0, 0.05) is 5.69 Å². The highest BCUT2D eigenvalue weighted by Crippen LogP contribution is 2.20. The summed E-state index contributed by atoms with van der Waals surface area (Å²) in [7, 11) is 0. The molecule has 98 valence electrons. The second kappa shape index (κ2) is 4.90. The quantitative estimate of drug-likeness (QED) is 0.834. The summed E-state index contributed by atoms with van der Waals surface area (Å²) in [6, 6.07) is 8.38. The predicted octanol–water partition coefficient (Wildman–Crippen LogP) is 1.47. The monoisotopic (exact) mass is 276 g/mol. The molecule has 0 saturated heterocycles. The fourth-order valence-electron chi connectivity index (χ4n) is 2.07. The summed E-state index contributed by atoms with van der Waals surface area (Å²) in [5, 5.41) is 11.4. The lowest BCUT2D eigenvalue weighted by Gasteiger charge is -2.15. The van der Waals surface area contributed by atoms with Crippen molar-refractivity contribution in [2.45, 2.75) is 13.8 Å². The topological polar surface area (TPSA) is 62.1 Å². The fraction of sp³-hybridized carbons (Fsp3) is 0.143. The molecule has 2 rings (SSSR count). The van der Waals surface area contributed by atoms with Crippen molar-refractivity contribution in [3.05, 3.63) is 62.5 Å². The van der Waals surface area contributed by atoms with E-state index in [-0.39, 0.29) is 5.56 Å². The number of nitrogens with zero attached hydrogens (tertiary/aromatic N) is 1. The highest BCUT2D eigenvalue weighted by atomic mass is 35.5. The highest BCUT2D eigenvalue weighted by Gasteiger charge is 2.14. The van der Waals surface area contributed by atoms with Gasteiger partial charge in [-0.05, 0) is 37.6 Å². The molecule has 4 nitrogen and oxygen atoms in total. The lowest BCUT2D eigenvalue weighted by atomic mass is 10.1. The van der Waals surface area contributed by atoms with Crippen LogP contribution >= 0.6 is 11.6 Å². The predicted molar refractivity (Wildman–Crippen MR) is 70.9 cm³/mol. The molecule has 0 fully saturated rings. The summed E-state index contributed by atoms with van der Waals surface area (Å²) in [6.07, 6.45) is 0. The zero-order valence-electron chi connectivity index (χ0n) is 10.4. The summed E-state index contributed by atoms with van der Waals surface area (Å²) in [5.41, 5.74) is 0.469. The molecule has 2 aromatic rings. The van der Waals surface area contributed by atoms with Crippen molar-refractivity contribution < 1.29 is 9.90 Å². The largest absolute Gasteiger partial charge is 0.545 e. The molecule has 0 atom stereocenters. The van der Waals surface area contributed by atoms with Crippen LogP contribution in [0, 0.1) is 13.8 Å². The number of aryl methyl sites for hydroxylation is 2. The average molecular weight is 277 g/mol. The van der Waals surface area contributed by atoms with E-state index in [0.717, 1.165) is 0 Å². The normalized spacial score (nSPS) is 10.5. The number of hydrogen-bond acceptors (Lipinski definition) is 3. The van der Waals surface area contributed by atoms with Crippen LogP contribution < -0.4 is 10.7 Å². The van der Waals surface area contributed by atoms with Gasteiger partial charge in [0.2, 0.25) is 0 Å². The first-order chi connectivity index (χ1) is 8.93. The SMILES string of the molecule is Cc1cc(C)n(-c2ccccc2Cl)c(=O)c1C(=O)[O-]. The van der Waals surface area contributed by atoms with Crippen molar-refractivity contribution in [1.29, 1.82) is 0 Å². The molecule has 0 amide bonds. The third-order valence-electron chi connectivity index (χ3n) is 2.89. The Hall–Kier alpha value is -2.07. The number of benzene rings is 1. The van der Waals surface area contributed by atoms with E-state index in [9.17, 15) is 14.7 Å². The van der Waals surface area contributed by atoms with Crippen molar-refractivity contribution in [2.24, 2.45) is 0 Å². The van der Waals surface area contributed by atoms with Gasteiger partial charge in [-0.15, -0.1) is 0 Å². The maximum atomic E-state index is 12.3. The maximum absolute atomic E-state index is 12.3. The van der Waals surface area contributed by atoms with E-state index in [0.29, 0.717) is 22.0 Å². The van der Waals surface area contributed by atoms with Crippen molar-refractivity contribution in [1.82, 2.24) is 4.57 Å². The van der Waals surface area contributed by atoms with Gasteiger partial charge in [0.15, 0.2) is 0 Å². The van der Waals surface area contributed by atoms with Crippen LogP contribution in [0.3, 0.4) is 0 Å². The van der Waals surface area contributed by atoms with Gasteiger partial charge in [0.25, 0.3) is 5.56 Å². The third-order valence-corrected chi connectivity index (χ3v) is 3.21. The minimum atomic E-state index is -1.48. The zero-order chi connectivity index (χ0) is 14.2. The Balaban J connectivity index is 2.86. The average Bonchev–Trinajstić information content (AvgIpc) is 2.30. The van der Waals surface area contributed by atoms with Gasteiger partial charge < -0.3 is 9.90 Å². The Bertz CT molecular complexity index is 719. The molecule has 0 bridgehead atoms. The van der Waals surface area contributed by atoms with Crippen LogP contribution in [-0.2, 0) is 0 Å². The second-order valence-electron chi connectivity index (χ2n) is 4.22. The number of hydrogen-bond donors (Lipinski definition) is 0. The molecule has 1 heterocycles. The Kier molecular flexibility index (Phi) is 3.44. The molecule has 0 radical (unpaired) electrons. The van der Waals surface area contributed by atoms with Crippen molar-refractivity contribution in [2.75, 3.05) is 0 Å². The lowest BCUT2D eigenvalue weighted by molar-refractivity contribution is -0.255. The summed E-state index contributed by atoms with van der Waals surface area (Å²) in [6.45, 7) is 3.28. The molecule has 0 unspecified atom stereocenters. The molecule has 0 aliphatic heterocycles. The summed E-state index contributed by atoms with van der Waals surface area (Å²) < 4.78 is 1.28. The fourth-order valence-corrected chi connectivity index (χ4v) is 2.29. The Morgan fingerprint density at radius 1 is 1.26 bits per heavy atom. The second-order valence-corrected chi connectivity index (χ2v) is 4.63. The molecular formula is C14H11ClNO3-. The molecule has 0 aliphatic rings. The van der Waals surface area contributed by atoms with Crippen LogP contribution in [-0.4, -0.2) is 10.5 Å². The van der Waals surface area contributed by atoms with Crippen LogP contribution in [0.1, 0.15) is 21.6 Å². The van der Waals surface area contributed by atoms with Gasteiger partial charge in [0.05, 0.1) is 22.2 Å². The minimum absolute atomic E-state index is 0.342. The van der Waals surface area contributed by atoms with Crippen LogP contribution in [0.2, 0.25) is 5.02 Å². The molecule has 0 N–H and O–H groups in total. The van der Waals surface area contributed by atoms with Gasteiger partial charge in [-0.2, -0.15) is 0 Å². The van der Waals surface area contributed by atoms with Crippen molar-refractivity contribution >= 4 is 17.6 Å². The number of carbonyl (C=O) groups excluding carboxylic acids is 1. The van der Waals surface area contributed by atoms with Gasteiger partial charge >= 0.3 is 0 Å². The Labute approximate surface area is 114 Å². The first-order valence-electron chi connectivity index (χ1n) is 5.63.